The van der Waals surface area contributed by atoms with Crippen LogP contribution in [0.2, 0.25) is 0 Å². The number of esters is 3. The van der Waals surface area contributed by atoms with Gasteiger partial charge in [-0.3, -0.25) is 23.4 Å². The second kappa shape index (κ2) is 53.9. The summed E-state index contributed by atoms with van der Waals surface area (Å²) >= 11 is 0. The molecule has 3 atom stereocenters. The predicted molar refractivity (Wildman–Crippen MR) is 298 cm³/mol. The highest BCUT2D eigenvalue weighted by Crippen LogP contribution is 2.43. The third kappa shape index (κ3) is 51.6. The van der Waals surface area contributed by atoms with E-state index in [1.807, 2.05) is 0 Å². The highest BCUT2D eigenvalue weighted by atomic mass is 31.2. The van der Waals surface area contributed by atoms with Crippen LogP contribution in [-0.4, -0.2) is 66.5 Å². The van der Waals surface area contributed by atoms with Crippen LogP contribution in [0, 0.1) is 0 Å². The van der Waals surface area contributed by atoms with Crippen molar-refractivity contribution in [3.63, 3.8) is 0 Å². The molecule has 2 N–H and O–H groups in total. The molecule has 0 saturated carbocycles. The minimum Gasteiger partial charge on any atom is -0.462 e. The predicted octanol–water partition coefficient (Wildman–Crippen LogP) is 16.7. The van der Waals surface area contributed by atoms with Crippen LogP contribution in [0.3, 0.4) is 0 Å². The zero-order chi connectivity index (χ0) is 52.7. The molecule has 0 heterocycles. The summed E-state index contributed by atoms with van der Waals surface area (Å²) < 4.78 is 39.4. The van der Waals surface area contributed by atoms with Crippen LogP contribution in [0.4, 0.5) is 0 Å². The molecule has 0 spiro atoms. The van der Waals surface area contributed by atoms with Gasteiger partial charge in [-0.05, 0) is 109 Å². The van der Waals surface area contributed by atoms with E-state index in [4.69, 9.17) is 23.3 Å². The van der Waals surface area contributed by atoms with E-state index in [-0.39, 0.29) is 25.9 Å². The third-order valence-corrected chi connectivity index (χ3v) is 12.7. The van der Waals surface area contributed by atoms with Crippen LogP contribution < -0.4 is 0 Å². The Bertz CT molecular complexity index is 1530. The molecule has 0 aromatic heterocycles. The maximum absolute atomic E-state index is 12.9. The van der Waals surface area contributed by atoms with E-state index < -0.39 is 57.8 Å². The maximum Gasteiger partial charge on any atom is 0.472 e. The topological polar surface area (TPSA) is 155 Å². The van der Waals surface area contributed by atoms with Crippen molar-refractivity contribution in [2.24, 2.45) is 0 Å². The monoisotopic (exact) mass is 1030 g/mol. The standard InChI is InChI=1S/C60H103O11P/c1-4-7-10-13-16-19-22-25-27-28-30-32-34-37-40-43-46-49-58(62)67-53-57(71-60(64)51-48-45-42-39-36-33-29-26-23-20-17-14-11-8-5-2)55-69-72(65,66)68-54-56(52-61)70-59(63)50-47-44-41-38-35-31-24-21-18-15-12-9-6-3/h8,11-12,15,17,20-21,24-27,29,36,39,56-57,61H,4-7,9-10,13-14,16,18-19,22-23,28,30-35,37-38,40-55H2,1-3H3,(H,65,66)/b11-8-,15-12-,20-17-,24-21-,27-25-,29-26-,39-36-. The number of hydrogen-bond donors (Lipinski definition) is 2. The van der Waals surface area contributed by atoms with Crippen LogP contribution in [-0.2, 0) is 42.2 Å². The lowest BCUT2D eigenvalue weighted by atomic mass is 10.1. The van der Waals surface area contributed by atoms with E-state index in [1.54, 1.807) is 0 Å². The first-order valence-electron chi connectivity index (χ1n) is 28.5. The second-order valence-electron chi connectivity index (χ2n) is 18.7. The van der Waals surface area contributed by atoms with E-state index in [2.05, 4.69) is 106 Å². The summed E-state index contributed by atoms with van der Waals surface area (Å²) in [4.78, 5) is 48.5. The number of ether oxygens (including phenoxy) is 3. The summed E-state index contributed by atoms with van der Waals surface area (Å²) in [6.45, 7) is 4.39. The number of phosphoric ester groups is 1. The van der Waals surface area contributed by atoms with Crippen LogP contribution in [0.5, 0.6) is 0 Å². The van der Waals surface area contributed by atoms with E-state index >= 15 is 0 Å². The zero-order valence-electron chi connectivity index (χ0n) is 45.6. The molecular weight excluding hydrogens is 928 g/mol. The molecule has 12 heteroatoms. The highest BCUT2D eigenvalue weighted by Gasteiger charge is 2.28. The summed E-state index contributed by atoms with van der Waals surface area (Å²) in [7, 11) is -4.76. The first-order valence-corrected chi connectivity index (χ1v) is 30.0. The Morgan fingerprint density at radius 3 is 1.21 bits per heavy atom. The van der Waals surface area contributed by atoms with Crippen molar-refractivity contribution in [1.29, 1.82) is 0 Å². The van der Waals surface area contributed by atoms with Gasteiger partial charge in [-0.15, -0.1) is 0 Å². The van der Waals surface area contributed by atoms with Gasteiger partial charge in [0, 0.05) is 19.3 Å². The summed E-state index contributed by atoms with van der Waals surface area (Å²) in [5.41, 5.74) is 0. The molecule has 0 saturated heterocycles. The van der Waals surface area contributed by atoms with Crippen LogP contribution in [0.25, 0.3) is 0 Å². The lowest BCUT2D eigenvalue weighted by Crippen LogP contribution is -2.30. The number of unbranched alkanes of at least 4 members (excludes halogenated alkanes) is 21. The van der Waals surface area contributed by atoms with Crippen molar-refractivity contribution >= 4 is 25.7 Å². The van der Waals surface area contributed by atoms with Crippen LogP contribution >= 0.6 is 7.82 Å². The number of aliphatic hydroxyl groups excluding tert-OH is 1. The summed E-state index contributed by atoms with van der Waals surface area (Å²) in [6.07, 6.45) is 61.2. The van der Waals surface area contributed by atoms with E-state index in [1.165, 1.54) is 64.2 Å². The minimum absolute atomic E-state index is 0.111. The second-order valence-corrected chi connectivity index (χ2v) is 20.2. The van der Waals surface area contributed by atoms with Gasteiger partial charge < -0.3 is 24.2 Å². The fourth-order valence-corrected chi connectivity index (χ4v) is 8.22. The number of allylic oxidation sites excluding steroid dienone is 14. The van der Waals surface area contributed by atoms with Gasteiger partial charge in [0.05, 0.1) is 19.8 Å². The van der Waals surface area contributed by atoms with Gasteiger partial charge >= 0.3 is 25.7 Å². The average molecular weight is 1030 g/mol. The summed E-state index contributed by atoms with van der Waals surface area (Å²) in [5.74, 6) is -1.54. The number of carbonyl (C=O) groups is 3. The lowest BCUT2D eigenvalue weighted by Gasteiger charge is -2.21. The van der Waals surface area contributed by atoms with Crippen molar-refractivity contribution in [3.8, 4) is 0 Å². The lowest BCUT2D eigenvalue weighted by molar-refractivity contribution is -0.161. The molecule has 0 rings (SSSR count). The third-order valence-electron chi connectivity index (χ3n) is 11.8. The Labute approximate surface area is 439 Å². The largest absolute Gasteiger partial charge is 0.472 e. The van der Waals surface area contributed by atoms with Crippen molar-refractivity contribution in [2.75, 3.05) is 26.4 Å². The van der Waals surface area contributed by atoms with Gasteiger partial charge in [0.1, 0.15) is 12.7 Å². The SMILES string of the molecule is CC/C=C\C/C=C\C/C=C\C/C=C\CCCCC(=O)OC(COC(=O)CCCCCCCCC/C=C\CCCCCCCC)COP(=O)(O)OCC(CO)OC(=O)CCCCCCC/C=C\C/C=C\CCC. The molecule has 0 radical (unpaired) electrons. The average Bonchev–Trinajstić information content (AvgIpc) is 3.37. The number of hydrogen-bond acceptors (Lipinski definition) is 10. The highest BCUT2D eigenvalue weighted by molar-refractivity contribution is 7.47. The molecule has 0 aliphatic heterocycles. The molecule has 0 aromatic carbocycles. The molecule has 0 amide bonds. The van der Waals surface area contributed by atoms with Crippen LogP contribution in [0.1, 0.15) is 239 Å². The van der Waals surface area contributed by atoms with Crippen LogP contribution in [0.15, 0.2) is 85.1 Å². The Balaban J connectivity index is 4.80. The Hall–Kier alpha value is -3.34. The van der Waals surface area contributed by atoms with Crippen molar-refractivity contribution < 1.29 is 52.2 Å². The fourth-order valence-electron chi connectivity index (χ4n) is 7.44. The van der Waals surface area contributed by atoms with Crippen molar-refractivity contribution in [1.82, 2.24) is 0 Å². The van der Waals surface area contributed by atoms with Crippen molar-refractivity contribution in [3.05, 3.63) is 85.1 Å². The Morgan fingerprint density at radius 2 is 0.750 bits per heavy atom. The Morgan fingerprint density at radius 1 is 0.403 bits per heavy atom. The van der Waals surface area contributed by atoms with Gasteiger partial charge in [0.2, 0.25) is 0 Å². The van der Waals surface area contributed by atoms with E-state index in [0.717, 1.165) is 116 Å². The molecule has 0 bridgehead atoms. The van der Waals surface area contributed by atoms with E-state index in [0.29, 0.717) is 19.3 Å². The normalized spacial score (nSPS) is 14.0. The number of carbonyl (C=O) groups excluding carboxylic acids is 3. The van der Waals surface area contributed by atoms with Gasteiger partial charge in [0.25, 0.3) is 0 Å². The summed E-state index contributed by atoms with van der Waals surface area (Å²) in [6, 6.07) is 0. The molecule has 11 nitrogen and oxygen atoms in total. The molecule has 72 heavy (non-hydrogen) atoms. The Kier molecular flexibility index (Phi) is 51.4. The molecule has 0 aliphatic carbocycles. The number of aliphatic hydroxyl groups is 1. The van der Waals surface area contributed by atoms with Gasteiger partial charge in [-0.1, -0.05) is 196 Å². The van der Waals surface area contributed by atoms with Gasteiger partial charge in [-0.2, -0.15) is 0 Å². The molecule has 414 valence electrons. The number of rotatable bonds is 52. The smallest absolute Gasteiger partial charge is 0.462 e. The maximum atomic E-state index is 12.9. The quantitative estimate of drug-likeness (QED) is 0.0197. The molecule has 0 fully saturated rings. The fraction of sp³-hybridized carbons (Fsp3) is 0.717. The molecule has 0 aromatic rings. The molecule has 0 aliphatic rings. The minimum atomic E-state index is -4.76. The first kappa shape index (κ1) is 68.7. The zero-order valence-corrected chi connectivity index (χ0v) is 46.5. The first-order chi connectivity index (χ1) is 35.2. The molecular formula is C60H103O11P. The van der Waals surface area contributed by atoms with Gasteiger partial charge in [-0.25, -0.2) is 4.57 Å². The number of phosphoric acid groups is 1. The molecule has 3 unspecified atom stereocenters. The van der Waals surface area contributed by atoms with E-state index in [9.17, 15) is 28.9 Å². The van der Waals surface area contributed by atoms with Gasteiger partial charge in [0.15, 0.2) is 6.10 Å². The summed E-state index contributed by atoms with van der Waals surface area (Å²) in [5, 5.41) is 9.80. The van der Waals surface area contributed by atoms with Crippen molar-refractivity contribution in [2.45, 2.75) is 251 Å².